The molecule has 0 aliphatic carbocycles. The molecule has 0 amide bonds. The lowest BCUT2D eigenvalue weighted by atomic mass is 9.98. The fourth-order valence-corrected chi connectivity index (χ4v) is 2.15. The topological polar surface area (TPSA) is 38.7 Å². The van der Waals surface area contributed by atoms with Gasteiger partial charge < -0.3 is 14.6 Å². The van der Waals surface area contributed by atoms with Crippen molar-refractivity contribution in [1.82, 2.24) is 0 Å². The Morgan fingerprint density at radius 2 is 1.67 bits per heavy atom. The Morgan fingerprint density at radius 3 is 2.29 bits per heavy atom. The molecule has 3 nitrogen and oxygen atoms in total. The van der Waals surface area contributed by atoms with Crippen molar-refractivity contribution in [3.05, 3.63) is 65.7 Å². The maximum absolute atomic E-state index is 10.3. The molecule has 0 saturated heterocycles. The molecule has 2 atom stereocenters. The van der Waals surface area contributed by atoms with Gasteiger partial charge in [0.05, 0.1) is 26.4 Å². The molecule has 21 heavy (non-hydrogen) atoms. The minimum atomic E-state index is -0.498. The van der Waals surface area contributed by atoms with Crippen molar-refractivity contribution in [2.24, 2.45) is 5.92 Å². The molecule has 0 bridgehead atoms. The summed E-state index contributed by atoms with van der Waals surface area (Å²) in [5.74, 6) is 0.886. The third-order valence-electron chi connectivity index (χ3n) is 3.49. The van der Waals surface area contributed by atoms with Crippen molar-refractivity contribution in [3.8, 4) is 5.75 Å². The molecule has 0 spiro atoms. The molecule has 0 aromatic heterocycles. The molecule has 0 aliphatic rings. The second-order valence-corrected chi connectivity index (χ2v) is 5.20. The molecule has 2 aromatic rings. The molecule has 3 heteroatoms. The van der Waals surface area contributed by atoms with Gasteiger partial charge in [0.25, 0.3) is 0 Å². The lowest BCUT2D eigenvalue weighted by Crippen LogP contribution is -2.15. The summed E-state index contributed by atoms with van der Waals surface area (Å²) in [6.07, 6.45) is -0.498. The number of ether oxygens (including phenoxy) is 2. The predicted octanol–water partition coefficient (Wildman–Crippen LogP) is 3.58. The second-order valence-electron chi connectivity index (χ2n) is 5.20. The summed E-state index contributed by atoms with van der Waals surface area (Å²) in [6.45, 7) is 3.05. The van der Waals surface area contributed by atoms with E-state index in [9.17, 15) is 5.11 Å². The van der Waals surface area contributed by atoms with E-state index < -0.39 is 6.10 Å². The zero-order chi connectivity index (χ0) is 15.1. The van der Waals surface area contributed by atoms with Crippen LogP contribution in [0.25, 0.3) is 0 Å². The van der Waals surface area contributed by atoms with Crippen LogP contribution in [0.15, 0.2) is 54.6 Å². The van der Waals surface area contributed by atoms with E-state index in [2.05, 4.69) is 0 Å². The van der Waals surface area contributed by atoms with E-state index in [1.165, 1.54) is 0 Å². The smallest absolute Gasteiger partial charge is 0.118 e. The fraction of sp³-hybridized carbons (Fsp3) is 0.333. The molecule has 1 N–H and O–H groups in total. The number of methoxy groups -OCH3 is 1. The van der Waals surface area contributed by atoms with Crippen molar-refractivity contribution < 1.29 is 14.6 Å². The number of aliphatic hydroxyl groups is 1. The highest BCUT2D eigenvalue weighted by Gasteiger charge is 2.16. The lowest BCUT2D eigenvalue weighted by Gasteiger charge is -2.19. The molecule has 2 rings (SSSR count). The number of hydrogen-bond acceptors (Lipinski definition) is 3. The third-order valence-corrected chi connectivity index (χ3v) is 3.49. The van der Waals surface area contributed by atoms with Gasteiger partial charge in [-0.1, -0.05) is 49.4 Å². The largest absolute Gasteiger partial charge is 0.497 e. The Balaban J connectivity index is 1.79. The summed E-state index contributed by atoms with van der Waals surface area (Å²) < 4.78 is 10.8. The highest BCUT2D eigenvalue weighted by Crippen LogP contribution is 2.22. The van der Waals surface area contributed by atoms with E-state index in [1.54, 1.807) is 7.11 Å². The van der Waals surface area contributed by atoms with Gasteiger partial charge in [0.2, 0.25) is 0 Å². The Morgan fingerprint density at radius 1 is 1.00 bits per heavy atom. The summed E-state index contributed by atoms with van der Waals surface area (Å²) in [5, 5.41) is 10.3. The zero-order valence-corrected chi connectivity index (χ0v) is 12.5. The van der Waals surface area contributed by atoms with Crippen molar-refractivity contribution in [2.45, 2.75) is 19.6 Å². The minimum absolute atomic E-state index is 0.0469. The van der Waals surface area contributed by atoms with Crippen LogP contribution in [0.4, 0.5) is 0 Å². The monoisotopic (exact) mass is 286 g/mol. The van der Waals surface area contributed by atoms with E-state index in [1.807, 2.05) is 61.5 Å². The second kappa shape index (κ2) is 7.81. The van der Waals surface area contributed by atoms with Gasteiger partial charge in [-0.15, -0.1) is 0 Å². The average Bonchev–Trinajstić information content (AvgIpc) is 2.55. The molecular formula is C18H22O3. The van der Waals surface area contributed by atoms with E-state index in [0.29, 0.717) is 13.2 Å². The quantitative estimate of drug-likeness (QED) is 0.845. The van der Waals surface area contributed by atoms with Crippen molar-refractivity contribution in [3.63, 3.8) is 0 Å². The van der Waals surface area contributed by atoms with E-state index in [-0.39, 0.29) is 5.92 Å². The predicted molar refractivity (Wildman–Crippen MR) is 83.2 cm³/mol. The first-order valence-corrected chi connectivity index (χ1v) is 7.14. The first-order valence-electron chi connectivity index (χ1n) is 7.14. The maximum Gasteiger partial charge on any atom is 0.118 e. The van der Waals surface area contributed by atoms with Crippen LogP contribution in [0.2, 0.25) is 0 Å². The van der Waals surface area contributed by atoms with Crippen LogP contribution in [0.1, 0.15) is 24.2 Å². The number of hydrogen-bond donors (Lipinski definition) is 1. The summed E-state index contributed by atoms with van der Waals surface area (Å²) in [7, 11) is 1.65. The van der Waals surface area contributed by atoms with Gasteiger partial charge in [0.1, 0.15) is 5.75 Å². The van der Waals surface area contributed by atoms with Crippen LogP contribution in [0.5, 0.6) is 5.75 Å². The summed E-state index contributed by atoms with van der Waals surface area (Å²) in [6, 6.07) is 17.5. The summed E-state index contributed by atoms with van der Waals surface area (Å²) in [4.78, 5) is 0. The van der Waals surface area contributed by atoms with Gasteiger partial charge in [-0.3, -0.25) is 0 Å². The minimum Gasteiger partial charge on any atom is -0.497 e. The van der Waals surface area contributed by atoms with Gasteiger partial charge in [-0.25, -0.2) is 0 Å². The summed E-state index contributed by atoms with van der Waals surface area (Å²) in [5.41, 5.74) is 2.02. The standard InChI is InChI=1S/C18H22O3/c1-14(18(19)16-6-4-3-5-7-16)12-21-13-15-8-10-17(20-2)11-9-15/h3-11,14,18-19H,12-13H2,1-2H3/t14-,18+/m0/s1. The Bertz CT molecular complexity index is 522. The molecule has 0 fully saturated rings. The molecule has 2 aromatic carbocycles. The molecule has 0 heterocycles. The van der Waals surface area contributed by atoms with Gasteiger partial charge in [0, 0.05) is 5.92 Å². The van der Waals surface area contributed by atoms with Crippen LogP contribution >= 0.6 is 0 Å². The normalized spacial score (nSPS) is 13.7. The molecule has 0 saturated carbocycles. The van der Waals surface area contributed by atoms with Crippen LogP contribution in [0.3, 0.4) is 0 Å². The molecular weight excluding hydrogens is 264 g/mol. The molecule has 0 unspecified atom stereocenters. The van der Waals surface area contributed by atoms with Crippen molar-refractivity contribution >= 4 is 0 Å². The highest BCUT2D eigenvalue weighted by atomic mass is 16.5. The van der Waals surface area contributed by atoms with Crippen LogP contribution < -0.4 is 4.74 Å². The molecule has 112 valence electrons. The van der Waals surface area contributed by atoms with Crippen molar-refractivity contribution in [1.29, 1.82) is 0 Å². The van der Waals surface area contributed by atoms with E-state index in [4.69, 9.17) is 9.47 Å². The average molecular weight is 286 g/mol. The number of rotatable bonds is 7. The van der Waals surface area contributed by atoms with E-state index in [0.717, 1.165) is 16.9 Å². The van der Waals surface area contributed by atoms with Crippen molar-refractivity contribution in [2.75, 3.05) is 13.7 Å². The lowest BCUT2D eigenvalue weighted by molar-refractivity contribution is 0.0281. The SMILES string of the molecule is COc1ccc(COC[C@H](C)[C@@H](O)c2ccccc2)cc1. The zero-order valence-electron chi connectivity index (χ0n) is 12.5. The number of aliphatic hydroxyl groups excluding tert-OH is 1. The van der Waals surface area contributed by atoms with Gasteiger partial charge >= 0.3 is 0 Å². The molecule has 0 aliphatic heterocycles. The first kappa shape index (κ1) is 15.5. The van der Waals surface area contributed by atoms with Gasteiger partial charge in [-0.2, -0.15) is 0 Å². The van der Waals surface area contributed by atoms with E-state index >= 15 is 0 Å². The maximum atomic E-state index is 10.3. The van der Waals surface area contributed by atoms with Gasteiger partial charge in [0.15, 0.2) is 0 Å². The van der Waals surface area contributed by atoms with Gasteiger partial charge in [-0.05, 0) is 23.3 Å². The highest BCUT2D eigenvalue weighted by molar-refractivity contribution is 5.26. The molecule has 0 radical (unpaired) electrons. The Labute approximate surface area is 126 Å². The first-order chi connectivity index (χ1) is 10.2. The van der Waals surface area contributed by atoms with Crippen LogP contribution in [-0.2, 0) is 11.3 Å². The summed E-state index contributed by atoms with van der Waals surface area (Å²) >= 11 is 0. The Kier molecular flexibility index (Phi) is 5.78. The van der Waals surface area contributed by atoms with Crippen LogP contribution in [0, 0.1) is 5.92 Å². The third kappa shape index (κ3) is 4.59. The number of benzene rings is 2. The Hall–Kier alpha value is -1.84. The fourth-order valence-electron chi connectivity index (χ4n) is 2.15. The van der Waals surface area contributed by atoms with Crippen LogP contribution in [-0.4, -0.2) is 18.8 Å².